The van der Waals surface area contributed by atoms with Crippen LogP contribution in [-0.4, -0.2) is 5.38 Å². The normalized spacial score (nSPS) is 13.9. The van der Waals surface area contributed by atoms with Gasteiger partial charge in [-0.1, -0.05) is 50.6 Å². The van der Waals surface area contributed by atoms with Gasteiger partial charge in [-0.05, 0) is 30.7 Å². The Morgan fingerprint density at radius 1 is 1.20 bits per heavy atom. The van der Waals surface area contributed by atoms with Crippen molar-refractivity contribution < 1.29 is 0 Å². The Kier molecular flexibility index (Phi) is 4.21. The van der Waals surface area contributed by atoms with E-state index in [1.165, 1.54) is 11.1 Å². The van der Waals surface area contributed by atoms with Crippen molar-refractivity contribution in [2.45, 2.75) is 45.9 Å². The van der Waals surface area contributed by atoms with E-state index in [1.54, 1.807) is 0 Å². The SMILES string of the molecule is CCC(C)(C)C(Cl)Cc1ccc(C)cc1. The molecule has 0 aromatic heterocycles. The van der Waals surface area contributed by atoms with Gasteiger partial charge >= 0.3 is 0 Å². The van der Waals surface area contributed by atoms with Crippen LogP contribution in [0.25, 0.3) is 0 Å². The van der Waals surface area contributed by atoms with E-state index < -0.39 is 0 Å². The zero-order valence-electron chi connectivity index (χ0n) is 10.2. The van der Waals surface area contributed by atoms with Crippen LogP contribution in [0.3, 0.4) is 0 Å². The van der Waals surface area contributed by atoms with E-state index in [0.29, 0.717) is 0 Å². The molecule has 1 heteroatoms. The van der Waals surface area contributed by atoms with Crippen molar-refractivity contribution >= 4 is 11.6 Å². The second-order valence-electron chi connectivity index (χ2n) is 5.00. The van der Waals surface area contributed by atoms with Crippen LogP contribution in [0, 0.1) is 12.3 Å². The van der Waals surface area contributed by atoms with Gasteiger partial charge in [0.1, 0.15) is 0 Å². The Morgan fingerprint density at radius 3 is 2.20 bits per heavy atom. The summed E-state index contributed by atoms with van der Waals surface area (Å²) in [5, 5.41) is 0.213. The Morgan fingerprint density at radius 2 is 1.73 bits per heavy atom. The molecule has 0 saturated heterocycles. The Bertz CT molecular complexity index is 298. The second-order valence-corrected chi connectivity index (χ2v) is 5.53. The average Bonchev–Trinajstić information content (AvgIpc) is 2.21. The highest BCUT2D eigenvalue weighted by Crippen LogP contribution is 2.31. The van der Waals surface area contributed by atoms with Crippen LogP contribution in [0.1, 0.15) is 38.3 Å². The van der Waals surface area contributed by atoms with E-state index >= 15 is 0 Å². The van der Waals surface area contributed by atoms with E-state index in [4.69, 9.17) is 11.6 Å². The van der Waals surface area contributed by atoms with Gasteiger partial charge in [0.05, 0.1) is 0 Å². The summed E-state index contributed by atoms with van der Waals surface area (Å²) in [5.74, 6) is 0. The Hall–Kier alpha value is -0.490. The highest BCUT2D eigenvalue weighted by Gasteiger charge is 2.25. The Balaban J connectivity index is 2.66. The minimum Gasteiger partial charge on any atom is -0.122 e. The van der Waals surface area contributed by atoms with Crippen LogP contribution in [0.5, 0.6) is 0 Å². The summed E-state index contributed by atoms with van der Waals surface area (Å²) in [6.07, 6.45) is 2.08. The van der Waals surface area contributed by atoms with Gasteiger partial charge in [-0.3, -0.25) is 0 Å². The van der Waals surface area contributed by atoms with Crippen LogP contribution in [0.4, 0.5) is 0 Å². The fraction of sp³-hybridized carbons (Fsp3) is 0.571. The van der Waals surface area contributed by atoms with Crippen LogP contribution < -0.4 is 0 Å². The highest BCUT2D eigenvalue weighted by atomic mass is 35.5. The van der Waals surface area contributed by atoms with Crippen molar-refractivity contribution in [3.8, 4) is 0 Å². The van der Waals surface area contributed by atoms with Gasteiger partial charge in [0.25, 0.3) is 0 Å². The van der Waals surface area contributed by atoms with Crippen LogP contribution in [-0.2, 0) is 6.42 Å². The monoisotopic (exact) mass is 224 g/mol. The fourth-order valence-corrected chi connectivity index (χ4v) is 1.76. The average molecular weight is 225 g/mol. The van der Waals surface area contributed by atoms with Gasteiger partial charge < -0.3 is 0 Å². The lowest BCUT2D eigenvalue weighted by Gasteiger charge is -2.28. The molecule has 0 radical (unpaired) electrons. The molecule has 15 heavy (non-hydrogen) atoms. The van der Waals surface area contributed by atoms with Crippen molar-refractivity contribution in [2.24, 2.45) is 5.41 Å². The Labute approximate surface area is 98.7 Å². The van der Waals surface area contributed by atoms with Gasteiger partial charge in [0.2, 0.25) is 0 Å². The molecule has 0 amide bonds. The van der Waals surface area contributed by atoms with Gasteiger partial charge in [0, 0.05) is 5.38 Å². The lowest BCUT2D eigenvalue weighted by atomic mass is 9.83. The molecule has 0 spiro atoms. The van der Waals surface area contributed by atoms with E-state index in [-0.39, 0.29) is 10.8 Å². The summed E-state index contributed by atoms with van der Waals surface area (Å²) in [7, 11) is 0. The first-order valence-corrected chi connectivity index (χ1v) is 6.09. The molecule has 1 aromatic carbocycles. The van der Waals surface area contributed by atoms with E-state index in [9.17, 15) is 0 Å². The van der Waals surface area contributed by atoms with Crippen molar-refractivity contribution in [1.29, 1.82) is 0 Å². The van der Waals surface area contributed by atoms with Crippen LogP contribution in [0.15, 0.2) is 24.3 Å². The fourth-order valence-electron chi connectivity index (χ4n) is 1.43. The smallest absolute Gasteiger partial charge is 0.0427 e. The van der Waals surface area contributed by atoms with Gasteiger partial charge in [0.15, 0.2) is 0 Å². The summed E-state index contributed by atoms with van der Waals surface area (Å²) in [5.41, 5.74) is 2.86. The number of halogens is 1. The molecule has 0 nitrogen and oxygen atoms in total. The van der Waals surface area contributed by atoms with Gasteiger partial charge in [-0.25, -0.2) is 0 Å². The van der Waals surface area contributed by atoms with Gasteiger partial charge in [-0.15, -0.1) is 11.6 Å². The number of rotatable bonds is 4. The summed E-state index contributed by atoms with van der Waals surface area (Å²) in [6, 6.07) is 8.66. The van der Waals surface area contributed by atoms with Crippen molar-refractivity contribution in [3.05, 3.63) is 35.4 Å². The minimum absolute atomic E-state index is 0.213. The molecule has 1 aromatic rings. The third-order valence-corrected chi connectivity index (χ3v) is 4.04. The second kappa shape index (κ2) is 5.03. The van der Waals surface area contributed by atoms with E-state index in [0.717, 1.165) is 12.8 Å². The van der Waals surface area contributed by atoms with Crippen molar-refractivity contribution in [1.82, 2.24) is 0 Å². The summed E-state index contributed by atoms with van der Waals surface area (Å²) < 4.78 is 0. The van der Waals surface area contributed by atoms with Gasteiger partial charge in [-0.2, -0.15) is 0 Å². The quantitative estimate of drug-likeness (QED) is 0.657. The number of hydrogen-bond acceptors (Lipinski definition) is 0. The topological polar surface area (TPSA) is 0 Å². The molecule has 0 bridgehead atoms. The van der Waals surface area contributed by atoms with Crippen molar-refractivity contribution in [3.63, 3.8) is 0 Å². The number of aryl methyl sites for hydroxylation is 1. The largest absolute Gasteiger partial charge is 0.122 e. The predicted molar refractivity (Wildman–Crippen MR) is 68.6 cm³/mol. The first kappa shape index (κ1) is 12.6. The number of benzene rings is 1. The molecule has 0 saturated carbocycles. The summed E-state index contributed by atoms with van der Waals surface area (Å²) in [6.45, 7) is 8.78. The molecule has 84 valence electrons. The number of hydrogen-bond donors (Lipinski definition) is 0. The first-order chi connectivity index (χ1) is 6.95. The van der Waals surface area contributed by atoms with Crippen LogP contribution >= 0.6 is 11.6 Å². The zero-order chi connectivity index (χ0) is 11.5. The number of alkyl halides is 1. The maximum Gasteiger partial charge on any atom is 0.0427 e. The lowest BCUT2D eigenvalue weighted by Crippen LogP contribution is -2.25. The molecular weight excluding hydrogens is 204 g/mol. The standard InChI is InChI=1S/C14H21Cl/c1-5-14(3,4)13(15)10-12-8-6-11(2)7-9-12/h6-9,13H,5,10H2,1-4H3. The minimum atomic E-state index is 0.213. The summed E-state index contributed by atoms with van der Waals surface area (Å²) >= 11 is 6.45. The molecule has 0 N–H and O–H groups in total. The molecule has 1 unspecified atom stereocenters. The third-order valence-electron chi connectivity index (χ3n) is 3.29. The van der Waals surface area contributed by atoms with E-state index in [1.807, 2.05) is 0 Å². The highest BCUT2D eigenvalue weighted by molar-refractivity contribution is 6.21. The lowest BCUT2D eigenvalue weighted by molar-refractivity contribution is 0.330. The molecule has 0 fully saturated rings. The molecule has 0 aliphatic carbocycles. The molecule has 0 heterocycles. The third kappa shape index (κ3) is 3.53. The summed E-state index contributed by atoms with van der Waals surface area (Å²) in [4.78, 5) is 0. The molecular formula is C14H21Cl. The zero-order valence-corrected chi connectivity index (χ0v) is 10.9. The maximum absolute atomic E-state index is 6.45. The molecule has 0 aliphatic rings. The molecule has 1 rings (SSSR count). The molecule has 0 aliphatic heterocycles. The molecule has 1 atom stereocenters. The van der Waals surface area contributed by atoms with Crippen LogP contribution in [0.2, 0.25) is 0 Å². The maximum atomic E-state index is 6.45. The predicted octanol–water partition coefficient (Wildman–Crippen LogP) is 4.58. The first-order valence-electron chi connectivity index (χ1n) is 5.65. The van der Waals surface area contributed by atoms with E-state index in [2.05, 4.69) is 52.0 Å². The van der Waals surface area contributed by atoms with Crippen molar-refractivity contribution in [2.75, 3.05) is 0 Å².